The Kier molecular flexibility index (Phi) is 7.70. The second kappa shape index (κ2) is 10.5. The third-order valence-corrected chi connectivity index (χ3v) is 5.50. The van der Waals surface area contributed by atoms with Crippen LogP contribution in [0.15, 0.2) is 54.9 Å². The number of aromatic nitrogens is 2. The lowest BCUT2D eigenvalue weighted by molar-refractivity contribution is -0.119. The molecule has 0 aliphatic rings. The molecule has 0 radical (unpaired) electrons. The smallest absolute Gasteiger partial charge is 0.341 e. The quantitative estimate of drug-likeness (QED) is 0.449. The van der Waals surface area contributed by atoms with Gasteiger partial charge < -0.3 is 10.1 Å². The fraction of sp³-hybridized carbons (Fsp3) is 0.320. The third-order valence-electron chi connectivity index (χ3n) is 5.13. The molecule has 0 atom stereocenters. The first-order chi connectivity index (χ1) is 15.3. The van der Waals surface area contributed by atoms with Crippen LogP contribution in [-0.4, -0.2) is 28.3 Å². The van der Waals surface area contributed by atoms with Crippen molar-refractivity contribution >= 4 is 29.2 Å². The molecule has 0 spiro atoms. The number of benzene rings is 2. The molecular weight excluding hydrogens is 426 g/mol. The number of nitrogens with one attached hydrogen (secondary N) is 1. The minimum Gasteiger partial charge on any atom is -0.452 e. The van der Waals surface area contributed by atoms with E-state index >= 15 is 0 Å². The van der Waals surface area contributed by atoms with Gasteiger partial charge in [-0.25, -0.2) is 4.79 Å². The number of nitrogens with zero attached hydrogens (tertiary/aromatic N) is 2. The highest BCUT2D eigenvalue weighted by atomic mass is 35.5. The van der Waals surface area contributed by atoms with Gasteiger partial charge >= 0.3 is 5.97 Å². The molecule has 0 aliphatic carbocycles. The van der Waals surface area contributed by atoms with Crippen molar-refractivity contribution in [3.8, 4) is 0 Å². The van der Waals surface area contributed by atoms with E-state index in [2.05, 4.69) is 38.1 Å². The highest BCUT2D eigenvalue weighted by molar-refractivity contribution is 6.31. The fourth-order valence-corrected chi connectivity index (χ4v) is 3.64. The molecule has 1 heterocycles. The van der Waals surface area contributed by atoms with Crippen LogP contribution in [-0.2, 0) is 16.1 Å². The zero-order valence-electron chi connectivity index (χ0n) is 18.8. The van der Waals surface area contributed by atoms with Crippen LogP contribution >= 0.6 is 11.6 Å². The van der Waals surface area contributed by atoms with Crippen LogP contribution in [0, 0.1) is 0 Å². The van der Waals surface area contributed by atoms with Crippen LogP contribution in [0.3, 0.4) is 0 Å². The van der Waals surface area contributed by atoms with Crippen molar-refractivity contribution in [3.05, 3.63) is 82.1 Å². The summed E-state index contributed by atoms with van der Waals surface area (Å²) >= 11 is 6.18. The third kappa shape index (κ3) is 5.77. The van der Waals surface area contributed by atoms with Crippen molar-refractivity contribution in [2.24, 2.45) is 0 Å². The normalized spacial score (nSPS) is 11.1. The Morgan fingerprint density at radius 3 is 2.31 bits per heavy atom. The Morgan fingerprint density at radius 1 is 1.03 bits per heavy atom. The Labute approximate surface area is 193 Å². The number of hydrogen-bond donors (Lipinski definition) is 1. The molecule has 0 saturated carbocycles. The summed E-state index contributed by atoms with van der Waals surface area (Å²) in [5.41, 5.74) is 4.07. The van der Waals surface area contributed by atoms with Crippen LogP contribution in [0.4, 0.5) is 5.69 Å². The Morgan fingerprint density at radius 2 is 1.69 bits per heavy atom. The van der Waals surface area contributed by atoms with Crippen LogP contribution < -0.4 is 5.32 Å². The largest absolute Gasteiger partial charge is 0.452 e. The summed E-state index contributed by atoms with van der Waals surface area (Å²) in [6, 6.07) is 13.5. The van der Waals surface area contributed by atoms with E-state index in [0.717, 1.165) is 22.4 Å². The van der Waals surface area contributed by atoms with Gasteiger partial charge in [0.05, 0.1) is 18.3 Å². The number of ether oxygens (including phenoxy) is 1. The zero-order valence-corrected chi connectivity index (χ0v) is 19.5. The fourth-order valence-electron chi connectivity index (χ4n) is 3.44. The highest BCUT2D eigenvalue weighted by Gasteiger charge is 2.18. The highest BCUT2D eigenvalue weighted by Crippen LogP contribution is 2.32. The number of halogens is 1. The minimum absolute atomic E-state index is 0.246. The van der Waals surface area contributed by atoms with Gasteiger partial charge in [0.1, 0.15) is 0 Å². The molecule has 1 amide bonds. The first-order valence-electron chi connectivity index (χ1n) is 10.6. The molecule has 0 fully saturated rings. The number of carbonyl (C=O) groups excluding carboxylic acids is 2. The first kappa shape index (κ1) is 23.5. The monoisotopic (exact) mass is 453 g/mol. The van der Waals surface area contributed by atoms with Crippen LogP contribution in [0.1, 0.15) is 66.6 Å². The summed E-state index contributed by atoms with van der Waals surface area (Å²) in [5.74, 6) is -0.491. The van der Waals surface area contributed by atoms with Gasteiger partial charge in [0, 0.05) is 16.9 Å². The molecule has 2 aromatic carbocycles. The van der Waals surface area contributed by atoms with Gasteiger partial charge in [-0.1, -0.05) is 75.7 Å². The van der Waals surface area contributed by atoms with Gasteiger partial charge in [0.25, 0.3) is 5.91 Å². The lowest BCUT2D eigenvalue weighted by atomic mass is 9.92. The Balaban J connectivity index is 1.62. The number of esters is 1. The number of amides is 1. The maximum atomic E-state index is 12.6. The SMILES string of the molecule is CC(C)c1cccc(C(C)C)c1NC(=O)COC(=O)c1cnn(Cc2ccccc2Cl)c1. The molecule has 7 heteroatoms. The molecule has 168 valence electrons. The van der Waals surface area contributed by atoms with Crippen molar-refractivity contribution in [2.75, 3.05) is 11.9 Å². The lowest BCUT2D eigenvalue weighted by Crippen LogP contribution is -2.22. The van der Waals surface area contributed by atoms with Gasteiger partial charge in [-0.05, 0) is 34.6 Å². The number of para-hydroxylation sites is 1. The summed E-state index contributed by atoms with van der Waals surface area (Å²) < 4.78 is 6.82. The van der Waals surface area contributed by atoms with Crippen LogP contribution in [0.25, 0.3) is 0 Å². The van der Waals surface area contributed by atoms with E-state index in [9.17, 15) is 9.59 Å². The Bertz CT molecular complexity index is 1080. The molecule has 3 aromatic rings. The zero-order chi connectivity index (χ0) is 23.3. The van der Waals surface area contributed by atoms with Gasteiger partial charge in [-0.2, -0.15) is 5.10 Å². The molecule has 6 nitrogen and oxygen atoms in total. The van der Waals surface area contributed by atoms with Crippen molar-refractivity contribution in [1.82, 2.24) is 9.78 Å². The van der Waals surface area contributed by atoms with Crippen molar-refractivity contribution < 1.29 is 14.3 Å². The van der Waals surface area contributed by atoms with E-state index in [1.165, 1.54) is 6.20 Å². The maximum Gasteiger partial charge on any atom is 0.341 e. The van der Waals surface area contributed by atoms with Crippen molar-refractivity contribution in [2.45, 2.75) is 46.1 Å². The number of rotatable bonds is 8. The second-order valence-corrected chi connectivity index (χ2v) is 8.67. The molecule has 0 bridgehead atoms. The standard InChI is InChI=1S/C25H28ClN3O3/c1-16(2)20-9-7-10-21(17(3)4)24(20)28-23(30)15-32-25(31)19-12-27-29(14-19)13-18-8-5-6-11-22(18)26/h5-12,14,16-17H,13,15H2,1-4H3,(H,28,30). The van der Waals surface area contributed by atoms with E-state index in [4.69, 9.17) is 16.3 Å². The van der Waals surface area contributed by atoms with Gasteiger partial charge in [-0.3, -0.25) is 9.48 Å². The second-order valence-electron chi connectivity index (χ2n) is 8.26. The maximum absolute atomic E-state index is 12.6. The van der Waals surface area contributed by atoms with Crippen molar-refractivity contribution in [3.63, 3.8) is 0 Å². The molecule has 0 saturated heterocycles. The van der Waals surface area contributed by atoms with Crippen LogP contribution in [0.5, 0.6) is 0 Å². The minimum atomic E-state index is -0.605. The summed E-state index contributed by atoms with van der Waals surface area (Å²) in [5, 5.41) is 7.76. The number of hydrogen-bond acceptors (Lipinski definition) is 4. The summed E-state index contributed by atoms with van der Waals surface area (Å²) in [6.45, 7) is 8.37. The van der Waals surface area contributed by atoms with Crippen LogP contribution in [0.2, 0.25) is 5.02 Å². The number of anilines is 1. The van der Waals surface area contributed by atoms with E-state index < -0.39 is 5.97 Å². The molecular formula is C25H28ClN3O3. The lowest BCUT2D eigenvalue weighted by Gasteiger charge is -2.20. The van der Waals surface area contributed by atoms with E-state index in [1.807, 2.05) is 36.4 Å². The van der Waals surface area contributed by atoms with E-state index in [-0.39, 0.29) is 29.9 Å². The Hall–Kier alpha value is -3.12. The first-order valence-corrected chi connectivity index (χ1v) is 11.0. The summed E-state index contributed by atoms with van der Waals surface area (Å²) in [7, 11) is 0. The molecule has 3 rings (SSSR count). The molecule has 0 unspecified atom stereocenters. The molecule has 1 aromatic heterocycles. The van der Waals surface area contributed by atoms with Gasteiger partial charge in [0.15, 0.2) is 6.61 Å². The molecule has 0 aliphatic heterocycles. The number of carbonyl (C=O) groups is 2. The summed E-state index contributed by atoms with van der Waals surface area (Å²) in [4.78, 5) is 25.0. The van der Waals surface area contributed by atoms with E-state index in [0.29, 0.717) is 11.6 Å². The molecule has 32 heavy (non-hydrogen) atoms. The average molecular weight is 454 g/mol. The predicted octanol–water partition coefficient (Wildman–Crippen LogP) is 5.63. The average Bonchev–Trinajstić information content (AvgIpc) is 3.22. The molecule has 1 N–H and O–H groups in total. The topological polar surface area (TPSA) is 73.2 Å². The summed E-state index contributed by atoms with van der Waals surface area (Å²) in [6.07, 6.45) is 3.00. The van der Waals surface area contributed by atoms with Crippen molar-refractivity contribution in [1.29, 1.82) is 0 Å². The van der Waals surface area contributed by atoms with E-state index in [1.54, 1.807) is 16.9 Å². The van der Waals surface area contributed by atoms with Gasteiger partial charge in [-0.15, -0.1) is 0 Å². The predicted molar refractivity (Wildman–Crippen MR) is 126 cm³/mol. The van der Waals surface area contributed by atoms with Gasteiger partial charge in [0.2, 0.25) is 0 Å².